The van der Waals surface area contributed by atoms with Crippen LogP contribution in [0.3, 0.4) is 0 Å². The number of benzene rings is 2. The van der Waals surface area contributed by atoms with E-state index < -0.39 is 0 Å². The number of aromatic amines is 1. The number of hydrogen-bond acceptors (Lipinski definition) is 3. The number of H-pyrrole nitrogens is 1. The second-order valence-electron chi connectivity index (χ2n) is 6.52. The lowest BCUT2D eigenvalue weighted by Gasteiger charge is -2.08. The molecular formula is C21H16Cl2N4O. The Labute approximate surface area is 171 Å². The highest BCUT2D eigenvalue weighted by Crippen LogP contribution is 2.30. The number of hydrogen-bond donors (Lipinski definition) is 2. The predicted molar refractivity (Wildman–Crippen MR) is 113 cm³/mol. The highest BCUT2D eigenvalue weighted by atomic mass is 35.5. The summed E-state index contributed by atoms with van der Waals surface area (Å²) in [5, 5.41) is 4.07. The molecule has 0 aliphatic carbocycles. The summed E-state index contributed by atoms with van der Waals surface area (Å²) in [4.78, 5) is 24.4. The Bertz CT molecular complexity index is 1170. The molecule has 0 spiro atoms. The molecule has 5 nitrogen and oxygen atoms in total. The summed E-state index contributed by atoms with van der Waals surface area (Å²) in [5.74, 6) is 0.476. The quantitative estimate of drug-likeness (QED) is 0.471. The number of anilines is 1. The molecule has 0 aliphatic rings. The maximum absolute atomic E-state index is 12.4. The monoisotopic (exact) mass is 410 g/mol. The molecule has 1 amide bonds. The number of fused-ring (bicyclic) bond motifs is 1. The first-order chi connectivity index (χ1) is 13.5. The topological polar surface area (TPSA) is 70.7 Å². The van der Waals surface area contributed by atoms with Crippen LogP contribution in [-0.2, 0) is 11.2 Å². The molecule has 0 unspecified atom stereocenters. The van der Waals surface area contributed by atoms with Gasteiger partial charge < -0.3 is 10.3 Å². The summed E-state index contributed by atoms with van der Waals surface area (Å²) in [6, 6.07) is 14.5. The van der Waals surface area contributed by atoms with Gasteiger partial charge in [-0.05, 0) is 54.4 Å². The largest absolute Gasteiger partial charge is 0.337 e. The van der Waals surface area contributed by atoms with Crippen LogP contribution in [0, 0.1) is 6.92 Å². The van der Waals surface area contributed by atoms with Crippen LogP contribution in [0.2, 0.25) is 10.0 Å². The van der Waals surface area contributed by atoms with Gasteiger partial charge in [0, 0.05) is 22.5 Å². The van der Waals surface area contributed by atoms with Crippen LogP contribution in [0.4, 0.5) is 5.69 Å². The van der Waals surface area contributed by atoms with E-state index in [1.807, 2.05) is 25.1 Å². The number of halogens is 2. The van der Waals surface area contributed by atoms with E-state index in [2.05, 4.69) is 20.3 Å². The lowest BCUT2D eigenvalue weighted by Crippen LogP contribution is -2.14. The zero-order chi connectivity index (χ0) is 19.7. The third kappa shape index (κ3) is 4.01. The van der Waals surface area contributed by atoms with Crippen molar-refractivity contribution in [3.63, 3.8) is 0 Å². The van der Waals surface area contributed by atoms with E-state index in [0.717, 1.165) is 16.6 Å². The Kier molecular flexibility index (Phi) is 5.03. The molecule has 2 aromatic carbocycles. The molecule has 0 fully saturated rings. The van der Waals surface area contributed by atoms with Crippen molar-refractivity contribution < 1.29 is 4.79 Å². The van der Waals surface area contributed by atoms with Gasteiger partial charge in [-0.1, -0.05) is 35.3 Å². The van der Waals surface area contributed by atoms with Gasteiger partial charge in [0.1, 0.15) is 5.82 Å². The van der Waals surface area contributed by atoms with Gasteiger partial charge in [-0.15, -0.1) is 0 Å². The van der Waals surface area contributed by atoms with Crippen molar-refractivity contribution in [2.45, 2.75) is 13.3 Å². The minimum atomic E-state index is -0.127. The lowest BCUT2D eigenvalue weighted by atomic mass is 10.1. The third-order valence-electron chi connectivity index (χ3n) is 4.26. The number of amides is 1. The molecule has 2 aromatic heterocycles. The first kappa shape index (κ1) is 18.5. The molecule has 0 saturated carbocycles. The van der Waals surface area contributed by atoms with E-state index in [1.54, 1.807) is 36.5 Å². The fraction of sp³-hybridized carbons (Fsp3) is 0.0952. The lowest BCUT2D eigenvalue weighted by molar-refractivity contribution is -0.115. The van der Waals surface area contributed by atoms with Crippen molar-refractivity contribution in [1.82, 2.24) is 15.0 Å². The average molecular weight is 411 g/mol. The van der Waals surface area contributed by atoms with Gasteiger partial charge in [-0.25, -0.2) is 9.97 Å². The van der Waals surface area contributed by atoms with Gasteiger partial charge in [0.2, 0.25) is 5.91 Å². The Balaban J connectivity index is 1.57. The Morgan fingerprint density at radius 2 is 1.89 bits per heavy atom. The maximum atomic E-state index is 12.4. The van der Waals surface area contributed by atoms with Gasteiger partial charge in [0.15, 0.2) is 5.65 Å². The molecular weight excluding hydrogens is 395 g/mol. The van der Waals surface area contributed by atoms with Crippen LogP contribution in [0.5, 0.6) is 0 Å². The van der Waals surface area contributed by atoms with Crippen molar-refractivity contribution in [3.05, 3.63) is 75.9 Å². The van der Waals surface area contributed by atoms with E-state index in [1.165, 1.54) is 0 Å². The zero-order valence-corrected chi connectivity index (χ0v) is 16.5. The van der Waals surface area contributed by atoms with Crippen LogP contribution in [-0.4, -0.2) is 20.9 Å². The van der Waals surface area contributed by atoms with Gasteiger partial charge in [-0.3, -0.25) is 4.79 Å². The molecule has 2 N–H and O–H groups in total. The first-order valence-electron chi connectivity index (χ1n) is 8.64. The molecule has 0 atom stereocenters. The summed E-state index contributed by atoms with van der Waals surface area (Å²) in [6.07, 6.45) is 2.02. The summed E-state index contributed by atoms with van der Waals surface area (Å²) >= 11 is 12.2. The molecule has 0 saturated heterocycles. The second kappa shape index (κ2) is 7.62. The summed E-state index contributed by atoms with van der Waals surface area (Å²) in [7, 11) is 0. The number of rotatable bonds is 4. The highest BCUT2D eigenvalue weighted by Gasteiger charge is 2.12. The Morgan fingerprint density at radius 3 is 2.68 bits per heavy atom. The van der Waals surface area contributed by atoms with Crippen LogP contribution in [0.15, 0.2) is 54.7 Å². The molecule has 0 radical (unpaired) electrons. The highest BCUT2D eigenvalue weighted by molar-refractivity contribution is 6.33. The third-order valence-corrected chi connectivity index (χ3v) is 4.84. The smallest absolute Gasteiger partial charge is 0.228 e. The number of carbonyl (C=O) groups excluding carboxylic acids is 1. The predicted octanol–water partition coefficient (Wildman–Crippen LogP) is 5.42. The van der Waals surface area contributed by atoms with Crippen LogP contribution in [0.1, 0.15) is 11.1 Å². The molecule has 2 heterocycles. The molecule has 140 valence electrons. The fourth-order valence-electron chi connectivity index (χ4n) is 2.91. The van der Waals surface area contributed by atoms with Gasteiger partial charge in [0.05, 0.1) is 17.0 Å². The van der Waals surface area contributed by atoms with Gasteiger partial charge >= 0.3 is 0 Å². The minimum Gasteiger partial charge on any atom is -0.337 e. The number of nitrogens with one attached hydrogen (secondary N) is 2. The summed E-state index contributed by atoms with van der Waals surface area (Å²) in [6.45, 7) is 1.97. The molecule has 0 bridgehead atoms. The normalized spacial score (nSPS) is 11.0. The maximum Gasteiger partial charge on any atom is 0.228 e. The minimum absolute atomic E-state index is 0.127. The zero-order valence-electron chi connectivity index (χ0n) is 15.0. The van der Waals surface area contributed by atoms with E-state index in [0.29, 0.717) is 32.8 Å². The molecule has 4 aromatic rings. The first-order valence-corrected chi connectivity index (χ1v) is 9.40. The van der Waals surface area contributed by atoms with E-state index in [4.69, 9.17) is 23.2 Å². The van der Waals surface area contributed by atoms with Crippen molar-refractivity contribution in [1.29, 1.82) is 0 Å². The summed E-state index contributed by atoms with van der Waals surface area (Å²) < 4.78 is 0. The van der Waals surface area contributed by atoms with E-state index in [9.17, 15) is 4.79 Å². The molecule has 0 aliphatic heterocycles. The SMILES string of the molecule is Cc1cnc2nc(-c3cc(NC(=O)Cc4ccc(Cl)cc4)ccc3Cl)[nH]c2c1. The van der Waals surface area contributed by atoms with Crippen LogP contribution in [0.25, 0.3) is 22.6 Å². The Morgan fingerprint density at radius 1 is 1.11 bits per heavy atom. The van der Waals surface area contributed by atoms with Crippen molar-refractivity contribution >= 4 is 46.0 Å². The van der Waals surface area contributed by atoms with Crippen molar-refractivity contribution in [2.75, 3.05) is 5.32 Å². The Hall–Kier alpha value is -2.89. The van der Waals surface area contributed by atoms with Crippen LogP contribution >= 0.6 is 23.2 Å². The number of carbonyl (C=O) groups is 1. The van der Waals surface area contributed by atoms with Crippen molar-refractivity contribution in [2.24, 2.45) is 0 Å². The average Bonchev–Trinajstić information content (AvgIpc) is 3.08. The van der Waals surface area contributed by atoms with E-state index in [-0.39, 0.29) is 12.3 Å². The number of nitrogens with zero attached hydrogens (tertiary/aromatic N) is 2. The molecule has 4 rings (SSSR count). The number of pyridine rings is 1. The molecule has 7 heteroatoms. The van der Waals surface area contributed by atoms with Crippen LogP contribution < -0.4 is 5.32 Å². The van der Waals surface area contributed by atoms with E-state index >= 15 is 0 Å². The second-order valence-corrected chi connectivity index (χ2v) is 7.36. The molecule has 28 heavy (non-hydrogen) atoms. The number of aryl methyl sites for hydroxylation is 1. The number of aromatic nitrogens is 3. The van der Waals surface area contributed by atoms with Gasteiger partial charge in [-0.2, -0.15) is 0 Å². The van der Waals surface area contributed by atoms with Crippen molar-refractivity contribution in [3.8, 4) is 11.4 Å². The standard InChI is InChI=1S/C21H16Cl2N4O/c1-12-8-18-21(24-11-12)27-20(26-18)16-10-15(6-7-17(16)23)25-19(28)9-13-2-4-14(22)5-3-13/h2-8,10-11H,9H2,1H3,(H,25,28)(H,24,26,27). The fourth-order valence-corrected chi connectivity index (χ4v) is 3.24. The summed E-state index contributed by atoms with van der Waals surface area (Å²) in [5.41, 5.74) is 4.72. The van der Waals surface area contributed by atoms with Gasteiger partial charge in [0.25, 0.3) is 0 Å². The number of imidazole rings is 1.